The van der Waals surface area contributed by atoms with Gasteiger partial charge in [0.25, 0.3) is 5.69 Å². The number of non-ortho nitro benzene ring substituents is 1. The van der Waals surface area contributed by atoms with Crippen LogP contribution in [-0.4, -0.2) is 23.2 Å². The summed E-state index contributed by atoms with van der Waals surface area (Å²) in [5.74, 6) is -0.236. The number of benzene rings is 2. The van der Waals surface area contributed by atoms with E-state index in [1.165, 1.54) is 24.3 Å². The van der Waals surface area contributed by atoms with Crippen LogP contribution < -0.4 is 4.74 Å². The van der Waals surface area contributed by atoms with Crippen molar-refractivity contribution in [3.63, 3.8) is 0 Å². The van der Waals surface area contributed by atoms with E-state index in [1.54, 1.807) is 0 Å². The molecule has 0 aliphatic rings. The number of ether oxygens (including phenoxy) is 3. The van der Waals surface area contributed by atoms with Crippen LogP contribution in [0.25, 0.3) is 0 Å². The largest absolute Gasteiger partial charge is 0.514 e. The molecule has 0 amide bonds. The third-order valence-corrected chi connectivity index (χ3v) is 4.04. The van der Waals surface area contributed by atoms with Gasteiger partial charge in [0.2, 0.25) is 0 Å². The number of hydrogen-bond acceptors (Lipinski definition) is 7. The quantitative estimate of drug-likeness (QED) is 0.244. The summed E-state index contributed by atoms with van der Waals surface area (Å²) >= 11 is 0. The average Bonchev–Trinajstić information content (AvgIpc) is 2.71. The third-order valence-electron chi connectivity index (χ3n) is 4.04. The van der Waals surface area contributed by atoms with Gasteiger partial charge in [-0.25, -0.2) is 4.79 Å². The molecule has 8 nitrogen and oxygen atoms in total. The lowest BCUT2D eigenvalue weighted by Gasteiger charge is -2.16. The number of nitro benzene ring substituents is 1. The number of nitrogens with zero attached hydrogens (tertiary/aromatic N) is 1. The van der Waals surface area contributed by atoms with E-state index in [2.05, 4.69) is 0 Å². The van der Waals surface area contributed by atoms with Gasteiger partial charge in [0.05, 0.1) is 4.92 Å². The SMILES string of the molecule is CCCC(CCC(=O)OCc1ccccc1)OC(=O)Oc1ccc([N+](=O)[O-])cc1. The molecule has 1 unspecified atom stereocenters. The summed E-state index contributed by atoms with van der Waals surface area (Å²) in [6, 6.07) is 14.4. The summed E-state index contributed by atoms with van der Waals surface area (Å²) in [6.45, 7) is 2.13. The lowest BCUT2D eigenvalue weighted by atomic mass is 10.1. The standard InChI is InChI=1S/C21H23NO7/c1-2-6-18(13-14-20(23)27-15-16-7-4-3-5-8-16)28-21(24)29-19-11-9-17(10-12-19)22(25)26/h3-5,7-12,18H,2,6,13-15H2,1H3. The monoisotopic (exact) mass is 401 g/mol. The number of hydrogen-bond donors (Lipinski definition) is 0. The Bertz CT molecular complexity index is 806. The van der Waals surface area contributed by atoms with Crippen LogP contribution in [0.5, 0.6) is 5.75 Å². The van der Waals surface area contributed by atoms with Gasteiger partial charge in [0.1, 0.15) is 18.5 Å². The molecule has 8 heteroatoms. The normalized spacial score (nSPS) is 11.3. The Morgan fingerprint density at radius 3 is 2.34 bits per heavy atom. The average molecular weight is 401 g/mol. The molecule has 29 heavy (non-hydrogen) atoms. The molecule has 0 saturated carbocycles. The molecule has 0 heterocycles. The number of esters is 1. The summed E-state index contributed by atoms with van der Waals surface area (Å²) in [5, 5.41) is 10.6. The first-order valence-electron chi connectivity index (χ1n) is 9.30. The molecule has 0 spiro atoms. The molecule has 0 bridgehead atoms. The fourth-order valence-electron chi connectivity index (χ4n) is 2.57. The van der Waals surface area contributed by atoms with Crippen molar-refractivity contribution in [2.75, 3.05) is 0 Å². The molecule has 154 valence electrons. The van der Waals surface area contributed by atoms with Crippen LogP contribution in [0.1, 0.15) is 38.2 Å². The minimum absolute atomic E-state index is 0.108. The Balaban J connectivity index is 1.78. The van der Waals surface area contributed by atoms with Gasteiger partial charge in [-0.3, -0.25) is 14.9 Å². The second-order valence-corrected chi connectivity index (χ2v) is 6.32. The zero-order valence-corrected chi connectivity index (χ0v) is 16.1. The van der Waals surface area contributed by atoms with E-state index in [9.17, 15) is 19.7 Å². The van der Waals surface area contributed by atoms with Gasteiger partial charge in [0.15, 0.2) is 0 Å². The molecule has 0 aliphatic carbocycles. The van der Waals surface area contributed by atoms with Crippen molar-refractivity contribution in [1.82, 2.24) is 0 Å². The molecule has 0 fully saturated rings. The molecular formula is C21H23NO7. The van der Waals surface area contributed by atoms with Gasteiger partial charge in [-0.1, -0.05) is 43.7 Å². The molecule has 2 aromatic carbocycles. The zero-order valence-electron chi connectivity index (χ0n) is 16.1. The molecule has 0 aliphatic heterocycles. The number of rotatable bonds is 10. The summed E-state index contributed by atoms with van der Waals surface area (Å²) in [7, 11) is 0. The maximum absolute atomic E-state index is 12.0. The predicted octanol–water partition coefficient (Wildman–Crippen LogP) is 4.80. The van der Waals surface area contributed by atoms with Crippen molar-refractivity contribution >= 4 is 17.8 Å². The molecule has 2 aromatic rings. The molecular weight excluding hydrogens is 378 g/mol. The number of carbonyl (C=O) groups excluding carboxylic acids is 2. The zero-order chi connectivity index (χ0) is 21.1. The first kappa shape index (κ1) is 21.9. The van der Waals surface area contributed by atoms with Gasteiger partial charge in [0, 0.05) is 18.6 Å². The van der Waals surface area contributed by atoms with Crippen molar-refractivity contribution in [2.24, 2.45) is 0 Å². The smallest absolute Gasteiger partial charge is 0.461 e. The highest BCUT2D eigenvalue weighted by Crippen LogP contribution is 2.19. The summed E-state index contributed by atoms with van der Waals surface area (Å²) < 4.78 is 15.5. The first-order chi connectivity index (χ1) is 14.0. The minimum Gasteiger partial charge on any atom is -0.461 e. The lowest BCUT2D eigenvalue weighted by Crippen LogP contribution is -2.22. The minimum atomic E-state index is -0.921. The maximum Gasteiger partial charge on any atom is 0.514 e. The van der Waals surface area contributed by atoms with Crippen molar-refractivity contribution in [1.29, 1.82) is 0 Å². The second kappa shape index (κ2) is 11.4. The Morgan fingerprint density at radius 2 is 1.72 bits per heavy atom. The highest BCUT2D eigenvalue weighted by atomic mass is 16.7. The fraction of sp³-hybridized carbons (Fsp3) is 0.333. The first-order valence-corrected chi connectivity index (χ1v) is 9.30. The Morgan fingerprint density at radius 1 is 1.03 bits per heavy atom. The highest BCUT2D eigenvalue weighted by Gasteiger charge is 2.18. The Labute approximate surface area is 168 Å². The van der Waals surface area contributed by atoms with Crippen LogP contribution in [-0.2, 0) is 20.9 Å². The Kier molecular flexibility index (Phi) is 8.62. The van der Waals surface area contributed by atoms with Gasteiger partial charge >= 0.3 is 12.1 Å². The van der Waals surface area contributed by atoms with Gasteiger partial charge < -0.3 is 14.2 Å². The van der Waals surface area contributed by atoms with Gasteiger partial charge in [-0.05, 0) is 30.5 Å². The Hall–Kier alpha value is -3.42. The fourth-order valence-corrected chi connectivity index (χ4v) is 2.57. The highest BCUT2D eigenvalue weighted by molar-refractivity contribution is 5.69. The lowest BCUT2D eigenvalue weighted by molar-refractivity contribution is -0.384. The summed E-state index contributed by atoms with van der Waals surface area (Å²) in [5.41, 5.74) is 0.789. The molecule has 0 aromatic heterocycles. The van der Waals surface area contributed by atoms with E-state index in [0.29, 0.717) is 12.8 Å². The van der Waals surface area contributed by atoms with E-state index in [4.69, 9.17) is 14.2 Å². The third kappa shape index (κ3) is 8.00. The molecule has 1 atom stereocenters. The molecule has 0 N–H and O–H groups in total. The van der Waals surface area contributed by atoms with E-state index in [-0.39, 0.29) is 30.4 Å². The second-order valence-electron chi connectivity index (χ2n) is 6.32. The molecule has 0 radical (unpaired) electrons. The predicted molar refractivity (Wildman–Crippen MR) is 104 cm³/mol. The van der Waals surface area contributed by atoms with Crippen LogP contribution in [0, 0.1) is 10.1 Å². The van der Waals surface area contributed by atoms with Crippen molar-refractivity contribution in [2.45, 2.75) is 45.3 Å². The van der Waals surface area contributed by atoms with Gasteiger partial charge in [-0.15, -0.1) is 0 Å². The van der Waals surface area contributed by atoms with Crippen LogP contribution >= 0.6 is 0 Å². The summed E-state index contributed by atoms with van der Waals surface area (Å²) in [4.78, 5) is 34.0. The summed E-state index contributed by atoms with van der Waals surface area (Å²) in [6.07, 6.45) is 0.347. The van der Waals surface area contributed by atoms with E-state index >= 15 is 0 Å². The van der Waals surface area contributed by atoms with Crippen LogP contribution in [0.2, 0.25) is 0 Å². The van der Waals surface area contributed by atoms with Crippen LogP contribution in [0.15, 0.2) is 54.6 Å². The molecule has 0 saturated heterocycles. The van der Waals surface area contributed by atoms with Crippen LogP contribution in [0.4, 0.5) is 10.5 Å². The van der Waals surface area contributed by atoms with Gasteiger partial charge in [-0.2, -0.15) is 0 Å². The molecule has 2 rings (SSSR count). The van der Waals surface area contributed by atoms with Crippen molar-refractivity contribution < 1.29 is 28.7 Å². The van der Waals surface area contributed by atoms with E-state index in [1.807, 2.05) is 37.3 Å². The van der Waals surface area contributed by atoms with E-state index in [0.717, 1.165) is 12.0 Å². The van der Waals surface area contributed by atoms with Crippen LogP contribution in [0.3, 0.4) is 0 Å². The van der Waals surface area contributed by atoms with Crippen molar-refractivity contribution in [3.8, 4) is 5.75 Å². The number of carbonyl (C=O) groups is 2. The topological polar surface area (TPSA) is 105 Å². The maximum atomic E-state index is 12.0. The van der Waals surface area contributed by atoms with E-state index < -0.39 is 17.2 Å². The van der Waals surface area contributed by atoms with Crippen molar-refractivity contribution in [3.05, 3.63) is 70.3 Å². The number of nitro groups is 1.